The summed E-state index contributed by atoms with van der Waals surface area (Å²) in [5, 5.41) is 15.7. The van der Waals surface area contributed by atoms with Gasteiger partial charge in [-0.05, 0) is 23.3 Å². The van der Waals surface area contributed by atoms with Crippen LogP contribution in [0.4, 0.5) is 10.5 Å². The van der Waals surface area contributed by atoms with E-state index in [4.69, 9.17) is 17.3 Å². The quantitative estimate of drug-likeness (QED) is 0.424. The third-order valence-corrected chi connectivity index (χ3v) is 4.55. The van der Waals surface area contributed by atoms with E-state index in [1.54, 1.807) is 0 Å². The average Bonchev–Trinajstić information content (AvgIpc) is 2.74. The number of amides is 2. The van der Waals surface area contributed by atoms with Crippen LogP contribution in [0, 0.1) is 5.21 Å². The van der Waals surface area contributed by atoms with Gasteiger partial charge in [-0.1, -0.05) is 11.6 Å². The highest BCUT2D eigenvalue weighted by Crippen LogP contribution is 2.42. The Bertz CT molecular complexity index is 525. The minimum absolute atomic E-state index is 0.401. The van der Waals surface area contributed by atoms with Crippen molar-refractivity contribution in [3.05, 3.63) is 33.5 Å². The number of hydrogen-bond donors (Lipinski definition) is 2. The van der Waals surface area contributed by atoms with Gasteiger partial charge < -0.3 is 10.9 Å². The molecule has 1 aromatic rings. The third kappa shape index (κ3) is 1.32. The van der Waals surface area contributed by atoms with E-state index in [2.05, 4.69) is 5.32 Å². The number of nitrogens with two attached hydrogens (primary N) is 1. The lowest BCUT2D eigenvalue weighted by molar-refractivity contribution is -0.824. The molecule has 96 valence electrons. The standard InChI is InChI=1S/C12H14ClN3O2/c1-16(18)11(17)15-6-12(16)4-7-2-9(13)10(14)3-8(7)5-12/h2-3H,4-6,14H2,1H3,(H,15,17). The lowest BCUT2D eigenvalue weighted by Crippen LogP contribution is -2.57. The summed E-state index contributed by atoms with van der Waals surface area (Å²) in [4.78, 5) is 11.6. The van der Waals surface area contributed by atoms with Crippen molar-refractivity contribution in [3.63, 3.8) is 0 Å². The highest BCUT2D eigenvalue weighted by Gasteiger charge is 2.56. The van der Waals surface area contributed by atoms with E-state index in [9.17, 15) is 10.0 Å². The van der Waals surface area contributed by atoms with Crippen LogP contribution in [-0.2, 0) is 12.8 Å². The van der Waals surface area contributed by atoms with Crippen molar-refractivity contribution >= 4 is 23.3 Å². The fraction of sp³-hybridized carbons (Fsp3) is 0.417. The summed E-state index contributed by atoms with van der Waals surface area (Å²) in [5.41, 5.74) is 7.69. The van der Waals surface area contributed by atoms with Gasteiger partial charge >= 0.3 is 6.03 Å². The molecule has 1 fully saturated rings. The van der Waals surface area contributed by atoms with Crippen LogP contribution in [0.25, 0.3) is 0 Å². The number of fused-ring (bicyclic) bond motifs is 1. The first-order valence-corrected chi connectivity index (χ1v) is 6.16. The molecule has 3 rings (SSSR count). The van der Waals surface area contributed by atoms with E-state index in [1.807, 2.05) is 12.1 Å². The molecule has 0 radical (unpaired) electrons. The molecule has 1 aliphatic carbocycles. The molecule has 18 heavy (non-hydrogen) atoms. The van der Waals surface area contributed by atoms with Crippen LogP contribution in [0.15, 0.2) is 12.1 Å². The van der Waals surface area contributed by atoms with Gasteiger partial charge in [-0.25, -0.2) is 4.79 Å². The molecule has 2 unspecified atom stereocenters. The molecule has 1 spiro atoms. The number of nitrogen functional groups attached to an aromatic ring is 1. The molecule has 2 atom stereocenters. The smallest absolute Gasteiger partial charge is 0.417 e. The Kier molecular flexibility index (Phi) is 2.21. The van der Waals surface area contributed by atoms with Crippen LogP contribution in [0.2, 0.25) is 5.02 Å². The number of nitrogens with zero attached hydrogens (tertiary/aromatic N) is 1. The highest BCUT2D eigenvalue weighted by molar-refractivity contribution is 6.33. The zero-order chi connectivity index (χ0) is 13.1. The Labute approximate surface area is 110 Å². The Morgan fingerprint density at radius 3 is 2.61 bits per heavy atom. The summed E-state index contributed by atoms with van der Waals surface area (Å²) >= 11 is 6.00. The van der Waals surface area contributed by atoms with Gasteiger partial charge in [-0.2, -0.15) is 0 Å². The minimum atomic E-state index is -0.876. The van der Waals surface area contributed by atoms with Crippen LogP contribution in [0.3, 0.4) is 0 Å². The number of benzene rings is 1. The lowest BCUT2D eigenvalue weighted by atomic mass is 9.95. The molecule has 3 N–H and O–H groups in total. The molecule has 1 aliphatic heterocycles. The maximum absolute atomic E-state index is 12.5. The molecule has 2 aliphatic rings. The van der Waals surface area contributed by atoms with E-state index in [0.29, 0.717) is 30.1 Å². The number of hydroxylamine groups is 3. The molecular weight excluding hydrogens is 254 g/mol. The van der Waals surface area contributed by atoms with Gasteiger partial charge in [0.1, 0.15) is 5.54 Å². The maximum atomic E-state index is 12.5. The van der Waals surface area contributed by atoms with Crippen LogP contribution in [0.1, 0.15) is 11.1 Å². The minimum Gasteiger partial charge on any atom is -0.624 e. The SMILES string of the molecule is C[N+]1([O-])C(=O)NCC12Cc1cc(N)c(Cl)cc1C2. The van der Waals surface area contributed by atoms with E-state index in [-0.39, 0.29) is 0 Å². The fourth-order valence-electron chi connectivity index (χ4n) is 2.96. The first-order chi connectivity index (χ1) is 8.36. The number of carbonyl (C=O) groups excluding carboxylic acids is 1. The Balaban J connectivity index is 2.05. The average molecular weight is 268 g/mol. The number of likely N-dealkylation sites (N-methyl/N-ethyl adjacent to an activating group) is 1. The number of hydrogen-bond acceptors (Lipinski definition) is 3. The predicted molar refractivity (Wildman–Crippen MR) is 69.0 cm³/mol. The van der Waals surface area contributed by atoms with E-state index in [0.717, 1.165) is 11.1 Å². The third-order valence-electron chi connectivity index (χ3n) is 4.22. The molecule has 1 saturated heterocycles. The molecular formula is C12H14ClN3O2. The number of nitrogens with one attached hydrogen (secondary N) is 1. The van der Waals surface area contributed by atoms with Gasteiger partial charge in [0.2, 0.25) is 0 Å². The molecule has 0 bridgehead atoms. The van der Waals surface area contributed by atoms with Crippen LogP contribution >= 0.6 is 11.6 Å². The topological polar surface area (TPSA) is 78.2 Å². The molecule has 0 saturated carbocycles. The molecule has 1 aromatic carbocycles. The van der Waals surface area contributed by atoms with Gasteiger partial charge in [0.25, 0.3) is 0 Å². The van der Waals surface area contributed by atoms with E-state index in [1.165, 1.54) is 7.05 Å². The zero-order valence-electron chi connectivity index (χ0n) is 10.00. The van der Waals surface area contributed by atoms with Gasteiger partial charge in [0, 0.05) is 12.8 Å². The molecule has 0 aromatic heterocycles. The largest absolute Gasteiger partial charge is 0.624 e. The number of urea groups is 1. The van der Waals surface area contributed by atoms with Gasteiger partial charge in [-0.15, -0.1) is 0 Å². The monoisotopic (exact) mass is 267 g/mol. The van der Waals surface area contributed by atoms with E-state index >= 15 is 0 Å². The number of rotatable bonds is 0. The zero-order valence-corrected chi connectivity index (χ0v) is 10.8. The summed E-state index contributed by atoms with van der Waals surface area (Å²) in [5.74, 6) is 0. The number of halogens is 1. The summed E-state index contributed by atoms with van der Waals surface area (Å²) in [7, 11) is 1.42. The van der Waals surface area contributed by atoms with Crippen molar-refractivity contribution in [2.75, 3.05) is 19.3 Å². The molecule has 5 nitrogen and oxygen atoms in total. The maximum Gasteiger partial charge on any atom is 0.417 e. The van der Waals surface area contributed by atoms with Gasteiger partial charge in [0.05, 0.1) is 24.3 Å². The van der Waals surface area contributed by atoms with Crippen LogP contribution in [0.5, 0.6) is 0 Å². The highest BCUT2D eigenvalue weighted by atomic mass is 35.5. The molecule has 1 heterocycles. The van der Waals surface area contributed by atoms with Gasteiger partial charge in [0.15, 0.2) is 0 Å². The van der Waals surface area contributed by atoms with Crippen molar-refractivity contribution < 1.29 is 9.44 Å². The van der Waals surface area contributed by atoms with Crippen LogP contribution < -0.4 is 11.1 Å². The Morgan fingerprint density at radius 2 is 2.06 bits per heavy atom. The summed E-state index contributed by atoms with van der Waals surface area (Å²) in [6.07, 6.45) is 1.11. The molecule has 2 amide bonds. The van der Waals surface area contributed by atoms with Crippen molar-refractivity contribution in [1.29, 1.82) is 0 Å². The van der Waals surface area contributed by atoms with Crippen molar-refractivity contribution in [2.24, 2.45) is 0 Å². The normalized spacial score (nSPS) is 33.8. The Morgan fingerprint density at radius 1 is 1.44 bits per heavy atom. The van der Waals surface area contributed by atoms with Gasteiger partial charge in [-0.3, -0.25) is 9.96 Å². The summed E-state index contributed by atoms with van der Waals surface area (Å²) in [6.45, 7) is 0.401. The first-order valence-electron chi connectivity index (χ1n) is 5.78. The summed E-state index contributed by atoms with van der Waals surface area (Å²) in [6, 6.07) is 3.15. The lowest BCUT2D eigenvalue weighted by Gasteiger charge is -2.43. The second-order valence-electron chi connectivity index (χ2n) is 5.30. The summed E-state index contributed by atoms with van der Waals surface area (Å²) < 4.78 is -0.876. The second kappa shape index (κ2) is 3.38. The second-order valence-corrected chi connectivity index (χ2v) is 5.71. The Hall–Kier alpha value is -1.30. The predicted octanol–water partition coefficient (Wildman–Crippen LogP) is 1.43. The van der Waals surface area contributed by atoms with Crippen molar-refractivity contribution in [2.45, 2.75) is 18.4 Å². The van der Waals surface area contributed by atoms with Crippen LogP contribution in [-0.4, -0.2) is 29.8 Å². The fourth-order valence-corrected chi connectivity index (χ4v) is 3.15. The first kappa shape index (κ1) is 11.8. The number of quaternary nitrogens is 1. The number of anilines is 1. The number of carbonyl (C=O) groups is 1. The molecule has 6 heteroatoms. The van der Waals surface area contributed by atoms with Crippen molar-refractivity contribution in [3.8, 4) is 0 Å². The van der Waals surface area contributed by atoms with Crippen molar-refractivity contribution in [1.82, 2.24) is 5.32 Å². The van der Waals surface area contributed by atoms with E-state index < -0.39 is 16.2 Å².